The summed E-state index contributed by atoms with van der Waals surface area (Å²) < 4.78 is 7.35. The van der Waals surface area contributed by atoms with E-state index in [1.165, 1.54) is 7.11 Å². The number of aryl methyl sites for hydroxylation is 1. The van der Waals surface area contributed by atoms with E-state index in [-0.39, 0.29) is 5.56 Å². The van der Waals surface area contributed by atoms with Gasteiger partial charge in [-0.05, 0) is 50.9 Å². The Morgan fingerprint density at radius 2 is 2.18 bits per heavy atom. The number of nitrogens with zero attached hydrogens (tertiary/aromatic N) is 2. The molecule has 2 heterocycles. The van der Waals surface area contributed by atoms with Crippen LogP contribution in [-0.2, 0) is 6.54 Å². The largest absolute Gasteiger partial charge is 0.495 e. The highest BCUT2D eigenvalue weighted by molar-refractivity contribution is 6.00. The van der Waals surface area contributed by atoms with Crippen LogP contribution in [0.3, 0.4) is 0 Å². The molecule has 0 spiro atoms. The molecule has 118 valence electrons. The highest BCUT2D eigenvalue weighted by Gasteiger charge is 2.21. The molecule has 22 heavy (non-hydrogen) atoms. The average molecular weight is 303 g/mol. The third-order valence-electron chi connectivity index (χ3n) is 4.44. The van der Waals surface area contributed by atoms with Crippen LogP contribution < -0.4 is 10.1 Å². The summed E-state index contributed by atoms with van der Waals surface area (Å²) in [5.41, 5.74) is 1.93. The Morgan fingerprint density at radius 3 is 2.82 bits per heavy atom. The number of benzene rings is 1. The molecule has 6 heteroatoms. The number of ether oxygens (including phenoxy) is 1. The van der Waals surface area contributed by atoms with Crippen molar-refractivity contribution in [3.63, 3.8) is 0 Å². The highest BCUT2D eigenvalue weighted by atomic mass is 16.5. The zero-order valence-electron chi connectivity index (χ0n) is 12.9. The van der Waals surface area contributed by atoms with E-state index in [1.807, 2.05) is 11.6 Å². The molecular formula is C16H21N3O3. The molecule has 0 atom stereocenters. The molecule has 1 aromatic carbocycles. The summed E-state index contributed by atoms with van der Waals surface area (Å²) in [4.78, 5) is 11.3. The van der Waals surface area contributed by atoms with Gasteiger partial charge in [-0.2, -0.15) is 5.10 Å². The zero-order chi connectivity index (χ0) is 15.7. The van der Waals surface area contributed by atoms with Gasteiger partial charge in [0.1, 0.15) is 11.3 Å². The molecule has 2 N–H and O–H groups in total. The molecule has 1 aliphatic rings. The van der Waals surface area contributed by atoms with Gasteiger partial charge in [-0.1, -0.05) is 0 Å². The van der Waals surface area contributed by atoms with E-state index in [9.17, 15) is 9.90 Å². The summed E-state index contributed by atoms with van der Waals surface area (Å²) in [5, 5.41) is 18.1. The van der Waals surface area contributed by atoms with Gasteiger partial charge >= 0.3 is 5.97 Å². The van der Waals surface area contributed by atoms with Gasteiger partial charge in [0.15, 0.2) is 0 Å². The minimum atomic E-state index is -0.982. The van der Waals surface area contributed by atoms with Crippen LogP contribution >= 0.6 is 0 Å². The number of fused-ring (bicyclic) bond motifs is 1. The molecule has 1 fully saturated rings. The van der Waals surface area contributed by atoms with Crippen LogP contribution in [0.2, 0.25) is 0 Å². The van der Waals surface area contributed by atoms with E-state index in [0.29, 0.717) is 11.7 Å². The molecule has 0 unspecified atom stereocenters. The first-order valence-corrected chi connectivity index (χ1v) is 7.60. The summed E-state index contributed by atoms with van der Waals surface area (Å²) in [6, 6.07) is 3.32. The van der Waals surface area contributed by atoms with Crippen molar-refractivity contribution in [2.45, 2.75) is 26.3 Å². The van der Waals surface area contributed by atoms with Crippen molar-refractivity contribution in [2.75, 3.05) is 20.2 Å². The number of carboxylic acid groups (broad SMARTS) is 1. The van der Waals surface area contributed by atoms with Gasteiger partial charge in [0.2, 0.25) is 0 Å². The van der Waals surface area contributed by atoms with Crippen LogP contribution in [-0.4, -0.2) is 41.1 Å². The zero-order valence-corrected chi connectivity index (χ0v) is 12.9. The van der Waals surface area contributed by atoms with Crippen molar-refractivity contribution in [1.29, 1.82) is 0 Å². The molecule has 0 amide bonds. The summed E-state index contributed by atoms with van der Waals surface area (Å²) in [5.74, 6) is 0.0301. The normalized spacial score (nSPS) is 16.1. The molecule has 0 saturated carbocycles. The van der Waals surface area contributed by atoms with Crippen molar-refractivity contribution in [1.82, 2.24) is 15.1 Å². The Kier molecular flexibility index (Phi) is 4.02. The minimum absolute atomic E-state index is 0.180. The first kappa shape index (κ1) is 14.8. The van der Waals surface area contributed by atoms with Gasteiger partial charge in [0, 0.05) is 12.2 Å². The lowest BCUT2D eigenvalue weighted by Crippen LogP contribution is -2.30. The number of methoxy groups -OCH3 is 1. The maximum Gasteiger partial charge on any atom is 0.339 e. The van der Waals surface area contributed by atoms with Crippen LogP contribution in [0.15, 0.2) is 12.1 Å². The predicted octanol–water partition coefficient (Wildman–Crippen LogP) is 2.05. The number of piperidine rings is 1. The molecule has 2 aromatic rings. The van der Waals surface area contributed by atoms with Crippen LogP contribution in [0.5, 0.6) is 5.75 Å². The topological polar surface area (TPSA) is 76.4 Å². The Hall–Kier alpha value is -2.08. The number of aromatic nitrogens is 2. The lowest BCUT2D eigenvalue weighted by molar-refractivity contribution is 0.0693. The number of hydrogen-bond acceptors (Lipinski definition) is 4. The lowest BCUT2D eigenvalue weighted by Gasteiger charge is -2.22. The third kappa shape index (κ3) is 2.54. The summed E-state index contributed by atoms with van der Waals surface area (Å²) in [6.07, 6.45) is 2.29. The second-order valence-electron chi connectivity index (χ2n) is 5.81. The van der Waals surface area contributed by atoms with Crippen molar-refractivity contribution in [3.05, 3.63) is 23.4 Å². The molecule has 0 bridgehead atoms. The van der Waals surface area contributed by atoms with Gasteiger partial charge in [0.05, 0.1) is 18.0 Å². The maximum atomic E-state index is 11.3. The first-order chi connectivity index (χ1) is 10.6. The molecular weight excluding hydrogens is 282 g/mol. The van der Waals surface area contributed by atoms with Crippen LogP contribution in [0, 0.1) is 12.8 Å². The number of carboxylic acids is 1. The van der Waals surface area contributed by atoms with Crippen LogP contribution in [0.1, 0.15) is 28.9 Å². The van der Waals surface area contributed by atoms with Crippen molar-refractivity contribution >= 4 is 16.9 Å². The quantitative estimate of drug-likeness (QED) is 0.904. The predicted molar refractivity (Wildman–Crippen MR) is 83.6 cm³/mol. The van der Waals surface area contributed by atoms with Gasteiger partial charge in [-0.3, -0.25) is 4.68 Å². The van der Waals surface area contributed by atoms with Crippen molar-refractivity contribution in [3.8, 4) is 5.75 Å². The molecule has 1 aromatic heterocycles. The number of nitrogens with one attached hydrogen (secondary N) is 1. The van der Waals surface area contributed by atoms with Crippen molar-refractivity contribution in [2.24, 2.45) is 5.92 Å². The van der Waals surface area contributed by atoms with Gasteiger partial charge < -0.3 is 15.2 Å². The Morgan fingerprint density at radius 1 is 1.45 bits per heavy atom. The van der Waals surface area contributed by atoms with Crippen molar-refractivity contribution < 1.29 is 14.6 Å². The fourth-order valence-electron chi connectivity index (χ4n) is 3.21. The fourth-order valence-corrected chi connectivity index (χ4v) is 3.21. The lowest BCUT2D eigenvalue weighted by atomic mass is 9.98. The maximum absolute atomic E-state index is 11.3. The number of hydrogen-bond donors (Lipinski definition) is 2. The molecule has 1 aliphatic heterocycles. The molecule has 3 rings (SSSR count). The molecule has 0 aliphatic carbocycles. The van der Waals surface area contributed by atoms with E-state index in [1.54, 1.807) is 12.1 Å². The first-order valence-electron chi connectivity index (χ1n) is 7.60. The third-order valence-corrected chi connectivity index (χ3v) is 4.44. The monoisotopic (exact) mass is 303 g/mol. The second-order valence-corrected chi connectivity index (χ2v) is 5.81. The van der Waals surface area contributed by atoms with Crippen LogP contribution in [0.4, 0.5) is 0 Å². The summed E-state index contributed by atoms with van der Waals surface area (Å²) >= 11 is 0. The smallest absolute Gasteiger partial charge is 0.339 e. The van der Waals surface area contributed by atoms with E-state index in [4.69, 9.17) is 4.74 Å². The molecule has 6 nitrogen and oxygen atoms in total. The minimum Gasteiger partial charge on any atom is -0.495 e. The summed E-state index contributed by atoms with van der Waals surface area (Å²) in [6.45, 7) is 4.95. The molecule has 0 radical (unpaired) electrons. The van der Waals surface area contributed by atoms with E-state index in [0.717, 1.165) is 49.1 Å². The van der Waals surface area contributed by atoms with Gasteiger partial charge in [-0.25, -0.2) is 4.79 Å². The fraction of sp³-hybridized carbons (Fsp3) is 0.500. The SMILES string of the molecule is COc1c(C(=O)O)ccc2nn(CC3CCNCC3)c(C)c12. The Labute approximate surface area is 129 Å². The molecule has 1 saturated heterocycles. The van der Waals surface area contributed by atoms with Gasteiger partial charge in [-0.15, -0.1) is 0 Å². The number of carbonyl (C=O) groups is 1. The van der Waals surface area contributed by atoms with Gasteiger partial charge in [0.25, 0.3) is 0 Å². The van der Waals surface area contributed by atoms with Crippen LogP contribution in [0.25, 0.3) is 10.9 Å². The standard InChI is InChI=1S/C16H21N3O3/c1-10-14-13(4-3-12(16(20)21)15(14)22-2)18-19(10)9-11-5-7-17-8-6-11/h3-4,11,17H,5-9H2,1-2H3,(H,20,21). The number of aromatic carboxylic acids is 1. The van der Waals surface area contributed by atoms with E-state index in [2.05, 4.69) is 10.4 Å². The summed E-state index contributed by atoms with van der Waals surface area (Å²) in [7, 11) is 1.50. The average Bonchev–Trinajstić information content (AvgIpc) is 2.83. The number of rotatable bonds is 4. The van der Waals surface area contributed by atoms with E-state index >= 15 is 0 Å². The second kappa shape index (κ2) is 5.96. The Balaban J connectivity index is 2.02. The van der Waals surface area contributed by atoms with E-state index < -0.39 is 5.97 Å². The Bertz CT molecular complexity index is 702. The highest BCUT2D eigenvalue weighted by Crippen LogP contribution is 2.32.